The Morgan fingerprint density at radius 2 is 1.89 bits per heavy atom. The number of hydrogen-bond donors (Lipinski definition) is 1. The number of carbonyl (C=O) groups is 1. The highest BCUT2D eigenvalue weighted by molar-refractivity contribution is 5.84. The number of hydrogen-bond acceptors (Lipinski definition) is 2. The predicted molar refractivity (Wildman–Crippen MR) is 76.3 cm³/mol. The van der Waals surface area contributed by atoms with Crippen LogP contribution in [-0.2, 0) is 4.79 Å². The summed E-state index contributed by atoms with van der Waals surface area (Å²) >= 11 is 0. The minimum Gasteiger partial charge on any atom is -0.323 e. The Hall–Kier alpha value is -0.570. The predicted octanol–water partition coefficient (Wildman–Crippen LogP) is 3.15. The maximum atomic E-state index is 12.4. The van der Waals surface area contributed by atoms with E-state index in [1.807, 2.05) is 0 Å². The lowest BCUT2D eigenvalue weighted by Crippen LogP contribution is -2.43. The standard InChI is InChI=1S/C15H30N2O/c1-6-8-13-15(18)17(14(7-2)16-13)12(5)10-9-11(3)4/h11-14,16H,6-10H2,1-5H3. The highest BCUT2D eigenvalue weighted by Crippen LogP contribution is 2.22. The molecule has 0 aromatic heterocycles. The molecule has 1 N–H and O–H groups in total. The maximum Gasteiger partial charge on any atom is 0.241 e. The van der Waals surface area contributed by atoms with Crippen LogP contribution in [0.1, 0.15) is 66.7 Å². The molecule has 1 rings (SSSR count). The van der Waals surface area contributed by atoms with Crippen LogP contribution in [0.2, 0.25) is 0 Å². The second-order valence-corrected chi connectivity index (χ2v) is 6.00. The van der Waals surface area contributed by atoms with Crippen molar-refractivity contribution in [3.8, 4) is 0 Å². The molecule has 3 atom stereocenters. The summed E-state index contributed by atoms with van der Waals surface area (Å²) in [7, 11) is 0. The fourth-order valence-electron chi connectivity index (χ4n) is 2.77. The molecule has 106 valence electrons. The molecule has 0 bridgehead atoms. The largest absolute Gasteiger partial charge is 0.323 e. The fraction of sp³-hybridized carbons (Fsp3) is 0.933. The lowest BCUT2D eigenvalue weighted by Gasteiger charge is -2.30. The number of amides is 1. The Labute approximate surface area is 112 Å². The molecule has 0 aromatic rings. The first-order valence-electron chi connectivity index (χ1n) is 7.59. The SMILES string of the molecule is CCCC1NC(CC)N(C(C)CCC(C)C)C1=O. The zero-order chi connectivity index (χ0) is 13.7. The van der Waals surface area contributed by atoms with Gasteiger partial charge in [0, 0.05) is 6.04 Å². The molecule has 1 saturated heterocycles. The molecule has 18 heavy (non-hydrogen) atoms. The molecule has 1 heterocycles. The average Bonchev–Trinajstić information content (AvgIpc) is 2.64. The Morgan fingerprint density at radius 3 is 2.39 bits per heavy atom. The average molecular weight is 254 g/mol. The molecule has 3 heteroatoms. The van der Waals surface area contributed by atoms with Crippen molar-refractivity contribution in [3.63, 3.8) is 0 Å². The van der Waals surface area contributed by atoms with Gasteiger partial charge in [0.15, 0.2) is 0 Å². The van der Waals surface area contributed by atoms with E-state index in [4.69, 9.17) is 0 Å². The molecule has 1 fully saturated rings. The number of nitrogens with one attached hydrogen (secondary N) is 1. The smallest absolute Gasteiger partial charge is 0.241 e. The summed E-state index contributed by atoms with van der Waals surface area (Å²) in [5, 5.41) is 3.49. The summed E-state index contributed by atoms with van der Waals surface area (Å²) in [6.45, 7) is 11.0. The van der Waals surface area contributed by atoms with Crippen molar-refractivity contribution in [2.24, 2.45) is 5.92 Å². The van der Waals surface area contributed by atoms with Gasteiger partial charge in [0.1, 0.15) is 0 Å². The van der Waals surface area contributed by atoms with E-state index in [1.54, 1.807) is 0 Å². The molecular formula is C15H30N2O. The van der Waals surface area contributed by atoms with Crippen molar-refractivity contribution in [2.45, 2.75) is 85.0 Å². The Balaban J connectivity index is 2.63. The first-order valence-corrected chi connectivity index (χ1v) is 7.59. The lowest BCUT2D eigenvalue weighted by atomic mass is 10.0. The van der Waals surface area contributed by atoms with Crippen LogP contribution in [0.15, 0.2) is 0 Å². The summed E-state index contributed by atoms with van der Waals surface area (Å²) in [5.41, 5.74) is 0. The maximum absolute atomic E-state index is 12.4. The molecule has 0 spiro atoms. The summed E-state index contributed by atoms with van der Waals surface area (Å²) in [6.07, 6.45) is 5.57. The van der Waals surface area contributed by atoms with Crippen LogP contribution in [-0.4, -0.2) is 29.1 Å². The van der Waals surface area contributed by atoms with Gasteiger partial charge in [-0.05, 0) is 38.5 Å². The summed E-state index contributed by atoms with van der Waals surface area (Å²) in [6, 6.07) is 0.417. The summed E-state index contributed by atoms with van der Waals surface area (Å²) in [5.74, 6) is 1.03. The normalized spacial score (nSPS) is 26.1. The van der Waals surface area contributed by atoms with Gasteiger partial charge in [0.2, 0.25) is 5.91 Å². The van der Waals surface area contributed by atoms with Gasteiger partial charge >= 0.3 is 0 Å². The van der Waals surface area contributed by atoms with E-state index in [0.29, 0.717) is 17.9 Å². The molecule has 1 aliphatic heterocycles. The van der Waals surface area contributed by atoms with Crippen molar-refractivity contribution >= 4 is 5.91 Å². The zero-order valence-corrected chi connectivity index (χ0v) is 12.7. The van der Waals surface area contributed by atoms with E-state index in [9.17, 15) is 4.79 Å². The van der Waals surface area contributed by atoms with E-state index in [1.165, 1.54) is 6.42 Å². The number of nitrogens with zero attached hydrogens (tertiary/aromatic N) is 1. The summed E-state index contributed by atoms with van der Waals surface area (Å²) in [4.78, 5) is 14.5. The third kappa shape index (κ3) is 3.71. The number of carbonyl (C=O) groups excluding carboxylic acids is 1. The van der Waals surface area contributed by atoms with Gasteiger partial charge < -0.3 is 4.90 Å². The van der Waals surface area contributed by atoms with Crippen molar-refractivity contribution in [1.29, 1.82) is 0 Å². The Bertz CT molecular complexity index is 265. The topological polar surface area (TPSA) is 32.3 Å². The highest BCUT2D eigenvalue weighted by Gasteiger charge is 2.39. The van der Waals surface area contributed by atoms with Crippen molar-refractivity contribution in [1.82, 2.24) is 10.2 Å². The lowest BCUT2D eigenvalue weighted by molar-refractivity contribution is -0.132. The minimum atomic E-state index is 0.0569. The third-order valence-corrected chi connectivity index (χ3v) is 3.88. The molecule has 1 amide bonds. The van der Waals surface area contributed by atoms with Crippen LogP contribution in [0.3, 0.4) is 0 Å². The van der Waals surface area contributed by atoms with Gasteiger partial charge in [-0.1, -0.05) is 34.1 Å². The summed E-state index contributed by atoms with van der Waals surface area (Å²) < 4.78 is 0. The van der Waals surface area contributed by atoms with Gasteiger partial charge in [0.25, 0.3) is 0 Å². The van der Waals surface area contributed by atoms with E-state index < -0.39 is 0 Å². The molecule has 0 aliphatic carbocycles. The Kier molecular flexibility index (Phi) is 6.13. The molecule has 1 aliphatic rings. The fourth-order valence-corrected chi connectivity index (χ4v) is 2.77. The second kappa shape index (κ2) is 7.13. The molecule has 0 radical (unpaired) electrons. The zero-order valence-electron chi connectivity index (χ0n) is 12.7. The second-order valence-electron chi connectivity index (χ2n) is 6.00. The van der Waals surface area contributed by atoms with Crippen molar-refractivity contribution in [2.75, 3.05) is 0 Å². The van der Waals surface area contributed by atoms with Crippen molar-refractivity contribution in [3.05, 3.63) is 0 Å². The molecule has 3 nitrogen and oxygen atoms in total. The van der Waals surface area contributed by atoms with Crippen LogP contribution < -0.4 is 5.32 Å². The first-order chi connectivity index (χ1) is 8.51. The van der Waals surface area contributed by atoms with Gasteiger partial charge in [-0.25, -0.2) is 0 Å². The quantitative estimate of drug-likeness (QED) is 0.757. The molecule has 3 unspecified atom stereocenters. The molecule has 0 saturated carbocycles. The highest BCUT2D eigenvalue weighted by atomic mass is 16.2. The Morgan fingerprint density at radius 1 is 1.22 bits per heavy atom. The van der Waals surface area contributed by atoms with E-state index in [-0.39, 0.29) is 12.2 Å². The number of rotatable bonds is 7. The van der Waals surface area contributed by atoms with Crippen LogP contribution in [0.25, 0.3) is 0 Å². The van der Waals surface area contributed by atoms with Gasteiger partial charge in [-0.3, -0.25) is 10.1 Å². The van der Waals surface area contributed by atoms with Gasteiger partial charge in [-0.2, -0.15) is 0 Å². The molecular weight excluding hydrogens is 224 g/mol. The van der Waals surface area contributed by atoms with Gasteiger partial charge in [0.05, 0.1) is 12.2 Å². The van der Waals surface area contributed by atoms with Crippen LogP contribution in [0, 0.1) is 5.92 Å². The minimum absolute atomic E-state index is 0.0569. The third-order valence-electron chi connectivity index (χ3n) is 3.88. The first kappa shape index (κ1) is 15.5. The van der Waals surface area contributed by atoms with Crippen molar-refractivity contribution < 1.29 is 4.79 Å². The van der Waals surface area contributed by atoms with Crippen LogP contribution in [0.5, 0.6) is 0 Å². The van der Waals surface area contributed by atoms with Crippen LogP contribution >= 0.6 is 0 Å². The van der Waals surface area contributed by atoms with E-state index in [0.717, 1.165) is 25.7 Å². The van der Waals surface area contributed by atoms with E-state index in [2.05, 4.69) is 44.8 Å². The monoisotopic (exact) mass is 254 g/mol. The van der Waals surface area contributed by atoms with Crippen LogP contribution in [0.4, 0.5) is 0 Å². The molecule has 0 aromatic carbocycles. The van der Waals surface area contributed by atoms with Gasteiger partial charge in [-0.15, -0.1) is 0 Å². The van der Waals surface area contributed by atoms with E-state index >= 15 is 0 Å².